The Bertz CT molecular complexity index is 17.8. The molecule has 62 valence electrons. The summed E-state index contributed by atoms with van der Waals surface area (Å²) in [6, 6.07) is 0. The second-order valence-corrected chi connectivity index (χ2v) is 0. The van der Waals surface area contributed by atoms with Crippen LogP contribution < -0.4 is 0 Å². The van der Waals surface area contributed by atoms with Gasteiger partial charge in [-0.2, -0.15) is 0 Å². The zero-order valence-electron chi connectivity index (χ0n) is 4.69. The predicted octanol–water partition coefficient (Wildman–Crippen LogP) is 0.810. The van der Waals surface area contributed by atoms with E-state index >= 15 is 0 Å². The van der Waals surface area contributed by atoms with Gasteiger partial charge in [0, 0.05) is 0 Å². The van der Waals surface area contributed by atoms with Crippen LogP contribution in [0.3, 0.4) is 0 Å². The number of rotatable bonds is 0. The largest absolute Gasteiger partial charge is 3.00 e. The summed E-state index contributed by atoms with van der Waals surface area (Å²) in [5, 5.41) is 0. The first-order valence-corrected chi connectivity index (χ1v) is 0.756. The maximum Gasteiger partial charge on any atom is 3.00 e. The van der Waals surface area contributed by atoms with Crippen LogP contribution in [0.2, 0.25) is 0 Å². The molecular weight excluding hydrogens is 222 g/mol. The van der Waals surface area contributed by atoms with Crippen LogP contribution in [0, 0.1) is 0 Å². The monoisotopic (exact) mass is 228 g/mol. The first kappa shape index (κ1) is 97.6. The quantitative estimate of drug-likeness (QED) is 0.549. The van der Waals surface area contributed by atoms with E-state index in [-0.39, 0.29) is 50.6 Å². The Morgan fingerprint density at radius 3 is 0.556 bits per heavy atom. The minimum Gasteiger partial charge on any atom is -2.00 e. The summed E-state index contributed by atoms with van der Waals surface area (Å²) in [5.41, 5.74) is 0. The summed E-state index contributed by atoms with van der Waals surface area (Å²) >= 11 is 0. The Morgan fingerprint density at radius 2 is 0.556 bits per heavy atom. The van der Waals surface area contributed by atoms with Gasteiger partial charge in [0.15, 0.2) is 0 Å². The van der Waals surface area contributed by atoms with Gasteiger partial charge >= 0.3 is 34.1 Å². The molecule has 0 saturated heterocycles. The Kier molecular flexibility index (Phi) is 9490. The fourth-order valence-corrected chi connectivity index (χ4v) is 0. The molecule has 0 unspecified atom stereocenters. The summed E-state index contributed by atoms with van der Waals surface area (Å²) in [7, 11) is 1.00. The molecule has 7 heteroatoms. The average molecular weight is 228 g/mol. The van der Waals surface area contributed by atoms with Crippen molar-refractivity contribution in [3.63, 3.8) is 0 Å². The van der Waals surface area contributed by atoms with Gasteiger partial charge in [-0.1, -0.05) is 0 Å². The van der Waals surface area contributed by atoms with E-state index in [1.165, 1.54) is 0 Å². The molecule has 0 aliphatic carbocycles. The number of hydrogen-bond donors (Lipinski definition) is 0. The summed E-state index contributed by atoms with van der Waals surface area (Å²) in [6.45, 7) is 0. The molecule has 9 heavy (non-hydrogen) atoms. The third-order valence-electron chi connectivity index (χ3n) is 0. The van der Waals surface area contributed by atoms with Gasteiger partial charge in [-0.3, -0.25) is 8.78 Å². The molecule has 0 bridgehead atoms. The fourth-order valence-electron chi connectivity index (χ4n) is 0. The second kappa shape index (κ2) is 875. The first-order valence-electron chi connectivity index (χ1n) is 0.756. The van der Waals surface area contributed by atoms with Crippen LogP contribution in [0.5, 0.6) is 0 Å². The smallest absolute Gasteiger partial charge is 2.00 e. The summed E-state index contributed by atoms with van der Waals surface area (Å²) in [5.74, 6) is 0. The maximum atomic E-state index is 9.50. The second-order valence-electron chi connectivity index (χ2n) is 0. The van der Waals surface area contributed by atoms with Crippen molar-refractivity contribution in [2.75, 3.05) is 14.4 Å². The third kappa shape index (κ3) is 665. The topological polar surface area (TPSA) is 85.5 Å². The van der Waals surface area contributed by atoms with E-state index < -0.39 is 0 Å². The minimum atomic E-state index is 0. The summed E-state index contributed by atoms with van der Waals surface area (Å²) in [6.07, 6.45) is 0. The molecule has 0 atom stereocenters. The molecule has 0 rings (SSSR count). The van der Waals surface area contributed by atoms with Gasteiger partial charge in [0.25, 0.3) is 0 Å². The normalized spacial score (nSPS) is 1.33. The molecule has 0 spiro atoms. The SMILES string of the molecule is CF.CF.[Fe+3].[Fe+3].[O-2].[O-2].[O-2]. The Labute approximate surface area is 74.1 Å². The molecule has 0 aliphatic rings. The molecule has 0 N–H and O–H groups in total. The van der Waals surface area contributed by atoms with E-state index in [1.54, 1.807) is 0 Å². The average Bonchev–Trinajstić information content (AvgIpc) is 1.50. The molecule has 0 aliphatic heterocycles. The molecule has 3 nitrogen and oxygen atoms in total. The van der Waals surface area contributed by atoms with Crippen LogP contribution in [0.25, 0.3) is 0 Å². The molecular formula is C2H6F2Fe2O3. The van der Waals surface area contributed by atoms with Crippen molar-refractivity contribution in [2.24, 2.45) is 0 Å². The molecule has 2 radical (unpaired) electrons. The van der Waals surface area contributed by atoms with Gasteiger partial charge in [0.05, 0.1) is 14.4 Å². The summed E-state index contributed by atoms with van der Waals surface area (Å²) in [4.78, 5) is 0. The molecule has 0 aromatic heterocycles. The van der Waals surface area contributed by atoms with Gasteiger partial charge < -0.3 is 16.4 Å². The molecule has 0 amide bonds. The van der Waals surface area contributed by atoms with Crippen LogP contribution in [-0.4, -0.2) is 14.4 Å². The third-order valence-corrected chi connectivity index (χ3v) is 0. The maximum absolute atomic E-state index is 9.50. The number of alkyl halides is 2. The zero-order valence-corrected chi connectivity index (χ0v) is 6.90. The van der Waals surface area contributed by atoms with Gasteiger partial charge in [-0.25, -0.2) is 0 Å². The molecule has 0 heterocycles. The van der Waals surface area contributed by atoms with E-state index in [4.69, 9.17) is 0 Å². The van der Waals surface area contributed by atoms with E-state index in [1.807, 2.05) is 0 Å². The predicted molar refractivity (Wildman–Crippen MR) is 16.1 cm³/mol. The van der Waals surface area contributed by atoms with Crippen LogP contribution in [0.15, 0.2) is 0 Å². The van der Waals surface area contributed by atoms with Gasteiger partial charge in [0.1, 0.15) is 0 Å². The van der Waals surface area contributed by atoms with E-state index in [9.17, 15) is 8.78 Å². The van der Waals surface area contributed by atoms with Crippen LogP contribution in [-0.2, 0) is 50.6 Å². The van der Waals surface area contributed by atoms with Crippen molar-refractivity contribution in [2.45, 2.75) is 0 Å². The zero-order chi connectivity index (χ0) is 4.00. The van der Waals surface area contributed by atoms with Crippen molar-refractivity contribution in [1.82, 2.24) is 0 Å². The van der Waals surface area contributed by atoms with Gasteiger partial charge in [0.2, 0.25) is 0 Å². The van der Waals surface area contributed by atoms with Crippen molar-refractivity contribution in [3.05, 3.63) is 0 Å². The van der Waals surface area contributed by atoms with E-state index in [0.29, 0.717) is 14.4 Å². The Balaban J connectivity index is -0.00000000114. The van der Waals surface area contributed by atoms with E-state index in [2.05, 4.69) is 0 Å². The summed E-state index contributed by atoms with van der Waals surface area (Å²) < 4.78 is 19.0. The van der Waals surface area contributed by atoms with Crippen molar-refractivity contribution < 1.29 is 59.3 Å². The molecule has 0 aromatic carbocycles. The molecule has 0 fully saturated rings. The minimum absolute atomic E-state index is 0. The van der Waals surface area contributed by atoms with Crippen LogP contribution in [0.1, 0.15) is 0 Å². The van der Waals surface area contributed by atoms with Gasteiger partial charge in [-0.15, -0.1) is 0 Å². The van der Waals surface area contributed by atoms with Gasteiger partial charge in [-0.05, 0) is 0 Å². The van der Waals surface area contributed by atoms with Crippen LogP contribution >= 0.6 is 0 Å². The first-order chi connectivity index (χ1) is 2.00. The Hall–Kier alpha value is 0.779. The molecule has 0 aromatic rings. The standard InChI is InChI=1S/2CH3F.2Fe.3O/c2*1-2;;;;;/h2*1H3;;;;;/q;;2*+3;3*-2. The van der Waals surface area contributed by atoms with Crippen molar-refractivity contribution >= 4 is 0 Å². The van der Waals surface area contributed by atoms with Crippen molar-refractivity contribution in [1.29, 1.82) is 0 Å². The number of halogens is 2. The Morgan fingerprint density at radius 1 is 0.556 bits per heavy atom. The van der Waals surface area contributed by atoms with E-state index in [0.717, 1.165) is 0 Å². The molecule has 0 saturated carbocycles. The fraction of sp³-hybridized carbons (Fsp3) is 1.00. The van der Waals surface area contributed by atoms with Crippen molar-refractivity contribution in [3.8, 4) is 0 Å². The number of hydrogen-bond acceptors (Lipinski definition) is 0. The van der Waals surface area contributed by atoms with Crippen LogP contribution in [0.4, 0.5) is 8.78 Å².